The van der Waals surface area contributed by atoms with Crippen LogP contribution in [0.1, 0.15) is 24.2 Å². The molecule has 17 heavy (non-hydrogen) atoms. The number of rotatable bonds is 3. The number of alkyl halides is 3. The van der Waals surface area contributed by atoms with Crippen LogP contribution in [-0.2, 0) is 0 Å². The molecule has 1 atom stereocenters. The van der Waals surface area contributed by atoms with E-state index in [2.05, 4.69) is 0 Å². The second-order valence-corrected chi connectivity index (χ2v) is 3.85. The summed E-state index contributed by atoms with van der Waals surface area (Å²) in [4.78, 5) is 0. The second kappa shape index (κ2) is 5.14. The summed E-state index contributed by atoms with van der Waals surface area (Å²) in [6.07, 6.45) is -7.31. The number of aliphatic hydroxyl groups is 1. The molecule has 0 aromatic heterocycles. The summed E-state index contributed by atoms with van der Waals surface area (Å²) in [7, 11) is 0. The first-order chi connectivity index (χ1) is 7.79. The molecule has 0 saturated heterocycles. The molecule has 6 heteroatoms. The van der Waals surface area contributed by atoms with Crippen molar-refractivity contribution in [2.24, 2.45) is 0 Å². The summed E-state index contributed by atoms with van der Waals surface area (Å²) < 4.78 is 42.3. The molecule has 1 N–H and O–H groups in total. The summed E-state index contributed by atoms with van der Waals surface area (Å²) in [5.41, 5.74) is 0.0226. The molecule has 1 aromatic carbocycles. The highest BCUT2D eigenvalue weighted by atomic mass is 35.5. The normalized spacial score (nSPS) is 13.6. The van der Waals surface area contributed by atoms with Crippen LogP contribution in [0.5, 0.6) is 5.75 Å². The van der Waals surface area contributed by atoms with E-state index in [1.807, 2.05) is 0 Å². The molecular formula is C11H12ClF3O2. The Labute approximate surface area is 102 Å². The number of benzene rings is 1. The topological polar surface area (TPSA) is 29.5 Å². The molecule has 0 radical (unpaired) electrons. The molecule has 0 saturated carbocycles. The molecule has 0 aliphatic carbocycles. The number of aliphatic hydroxyl groups excluding tert-OH is 1. The molecule has 1 aromatic rings. The van der Waals surface area contributed by atoms with Crippen LogP contribution in [-0.4, -0.2) is 17.9 Å². The van der Waals surface area contributed by atoms with E-state index >= 15 is 0 Å². The summed E-state index contributed by atoms with van der Waals surface area (Å²) >= 11 is 5.80. The highest BCUT2D eigenvalue weighted by Crippen LogP contribution is 2.39. The molecular weight excluding hydrogens is 257 g/mol. The lowest BCUT2D eigenvalue weighted by molar-refractivity contribution is -0.206. The van der Waals surface area contributed by atoms with Gasteiger partial charge in [0, 0.05) is 11.1 Å². The van der Waals surface area contributed by atoms with Crippen molar-refractivity contribution >= 4 is 11.6 Å². The van der Waals surface area contributed by atoms with Gasteiger partial charge < -0.3 is 9.84 Å². The average molecular weight is 269 g/mol. The molecule has 0 amide bonds. The smallest absolute Gasteiger partial charge is 0.418 e. The maximum absolute atomic E-state index is 12.4. The Morgan fingerprint density at radius 1 is 1.41 bits per heavy atom. The van der Waals surface area contributed by atoms with Crippen molar-refractivity contribution in [2.45, 2.75) is 26.1 Å². The van der Waals surface area contributed by atoms with Crippen molar-refractivity contribution < 1.29 is 23.0 Å². The lowest BCUT2D eigenvalue weighted by Gasteiger charge is -2.18. The molecule has 0 fully saturated rings. The van der Waals surface area contributed by atoms with Crippen molar-refractivity contribution in [3.8, 4) is 5.75 Å². The lowest BCUT2D eigenvalue weighted by Crippen LogP contribution is -2.20. The summed E-state index contributed by atoms with van der Waals surface area (Å²) in [6.45, 7) is 3.68. The van der Waals surface area contributed by atoms with Gasteiger partial charge in [-0.1, -0.05) is 17.7 Å². The van der Waals surface area contributed by atoms with Crippen LogP contribution in [0.3, 0.4) is 0 Å². The molecule has 2 nitrogen and oxygen atoms in total. The van der Waals surface area contributed by atoms with Crippen molar-refractivity contribution in [2.75, 3.05) is 6.61 Å². The van der Waals surface area contributed by atoms with Gasteiger partial charge in [-0.05, 0) is 19.9 Å². The van der Waals surface area contributed by atoms with E-state index in [-0.39, 0.29) is 10.6 Å². The Balaban J connectivity index is 3.17. The zero-order chi connectivity index (χ0) is 13.2. The van der Waals surface area contributed by atoms with Crippen molar-refractivity contribution in [1.82, 2.24) is 0 Å². The number of ether oxygens (including phenoxy) is 1. The van der Waals surface area contributed by atoms with E-state index < -0.39 is 12.3 Å². The maximum Gasteiger partial charge on any atom is 0.418 e. The largest absolute Gasteiger partial charge is 0.494 e. The number of hydrogen-bond acceptors (Lipinski definition) is 2. The Morgan fingerprint density at radius 2 is 2.00 bits per heavy atom. The fourth-order valence-corrected chi connectivity index (χ4v) is 1.65. The standard InChI is InChI=1S/C11H12ClF3O2/c1-3-17-8-5-4-7(9(12)6(8)2)10(16)11(13,14)15/h4-5,10,16H,3H2,1-2H3. The Kier molecular flexibility index (Phi) is 4.27. The van der Waals surface area contributed by atoms with Crippen molar-refractivity contribution in [1.29, 1.82) is 0 Å². The first-order valence-corrected chi connectivity index (χ1v) is 5.33. The van der Waals surface area contributed by atoms with E-state index in [0.29, 0.717) is 17.9 Å². The summed E-state index contributed by atoms with van der Waals surface area (Å²) in [5.74, 6) is 0.413. The SMILES string of the molecule is CCOc1ccc(C(O)C(F)(F)F)c(Cl)c1C. The molecule has 1 rings (SSSR count). The third-order valence-electron chi connectivity index (χ3n) is 2.27. The van der Waals surface area contributed by atoms with Gasteiger partial charge in [-0.25, -0.2) is 0 Å². The Bertz CT molecular complexity index is 404. The van der Waals surface area contributed by atoms with Gasteiger partial charge in [0.15, 0.2) is 6.10 Å². The Morgan fingerprint density at radius 3 is 2.47 bits per heavy atom. The highest BCUT2D eigenvalue weighted by molar-refractivity contribution is 6.32. The van der Waals surface area contributed by atoms with Gasteiger partial charge in [-0.15, -0.1) is 0 Å². The maximum atomic E-state index is 12.4. The van der Waals surface area contributed by atoms with Crippen LogP contribution in [0.4, 0.5) is 13.2 Å². The highest BCUT2D eigenvalue weighted by Gasteiger charge is 2.40. The molecule has 0 bridgehead atoms. The molecule has 1 unspecified atom stereocenters. The lowest BCUT2D eigenvalue weighted by atomic mass is 10.1. The minimum atomic E-state index is -4.73. The van der Waals surface area contributed by atoms with Gasteiger partial charge in [-0.2, -0.15) is 13.2 Å². The van der Waals surface area contributed by atoms with Crippen LogP contribution >= 0.6 is 11.6 Å². The van der Waals surface area contributed by atoms with Crippen LogP contribution < -0.4 is 4.74 Å². The van der Waals surface area contributed by atoms with E-state index in [1.54, 1.807) is 13.8 Å². The first-order valence-electron chi connectivity index (χ1n) is 4.95. The minimum absolute atomic E-state index is 0.124. The summed E-state index contributed by atoms with van der Waals surface area (Å²) in [6, 6.07) is 2.49. The molecule has 0 aliphatic heterocycles. The molecule has 0 spiro atoms. The zero-order valence-corrected chi connectivity index (χ0v) is 10.1. The molecule has 0 aliphatic rings. The number of halogens is 4. The van der Waals surface area contributed by atoms with Gasteiger partial charge in [-0.3, -0.25) is 0 Å². The van der Waals surface area contributed by atoms with Gasteiger partial charge >= 0.3 is 6.18 Å². The fourth-order valence-electron chi connectivity index (χ4n) is 1.39. The quantitative estimate of drug-likeness (QED) is 0.907. The van der Waals surface area contributed by atoms with Crippen LogP contribution in [0.2, 0.25) is 5.02 Å². The molecule has 96 valence electrons. The van der Waals surface area contributed by atoms with Gasteiger partial charge in [0.05, 0.1) is 11.6 Å². The Hall–Kier alpha value is -0.940. The van der Waals surface area contributed by atoms with E-state index in [0.717, 1.165) is 6.07 Å². The second-order valence-electron chi connectivity index (χ2n) is 3.47. The molecule has 0 heterocycles. The van der Waals surface area contributed by atoms with Gasteiger partial charge in [0.25, 0.3) is 0 Å². The van der Waals surface area contributed by atoms with E-state index in [1.165, 1.54) is 6.07 Å². The van der Waals surface area contributed by atoms with Crippen molar-refractivity contribution in [3.63, 3.8) is 0 Å². The van der Waals surface area contributed by atoms with Crippen LogP contribution in [0.25, 0.3) is 0 Å². The fraction of sp³-hybridized carbons (Fsp3) is 0.455. The monoisotopic (exact) mass is 268 g/mol. The van der Waals surface area contributed by atoms with Crippen molar-refractivity contribution in [3.05, 3.63) is 28.3 Å². The van der Waals surface area contributed by atoms with E-state index in [9.17, 15) is 13.2 Å². The first kappa shape index (κ1) is 14.1. The average Bonchev–Trinajstić information content (AvgIpc) is 2.23. The zero-order valence-electron chi connectivity index (χ0n) is 9.31. The van der Waals surface area contributed by atoms with Gasteiger partial charge in [0.1, 0.15) is 5.75 Å². The van der Waals surface area contributed by atoms with Gasteiger partial charge in [0.2, 0.25) is 0 Å². The van der Waals surface area contributed by atoms with E-state index in [4.69, 9.17) is 21.4 Å². The summed E-state index contributed by atoms with van der Waals surface area (Å²) in [5, 5.41) is 9.01. The third kappa shape index (κ3) is 3.04. The predicted molar refractivity (Wildman–Crippen MR) is 58.4 cm³/mol. The third-order valence-corrected chi connectivity index (χ3v) is 2.77. The van der Waals surface area contributed by atoms with Crippen LogP contribution in [0, 0.1) is 6.92 Å². The van der Waals surface area contributed by atoms with Crippen LogP contribution in [0.15, 0.2) is 12.1 Å². The number of hydrogen-bond donors (Lipinski definition) is 1. The predicted octanol–water partition coefficient (Wildman–Crippen LogP) is 3.64. The minimum Gasteiger partial charge on any atom is -0.494 e.